The van der Waals surface area contributed by atoms with Crippen LogP contribution in [-0.4, -0.2) is 30.3 Å². The van der Waals surface area contributed by atoms with Crippen LogP contribution in [0.2, 0.25) is 5.02 Å². The monoisotopic (exact) mass is 384 g/mol. The summed E-state index contributed by atoms with van der Waals surface area (Å²) in [5.41, 5.74) is 2.90. The Morgan fingerprint density at radius 3 is 2.62 bits per heavy atom. The van der Waals surface area contributed by atoms with Gasteiger partial charge in [0.1, 0.15) is 0 Å². The summed E-state index contributed by atoms with van der Waals surface area (Å²) in [4.78, 5) is 4.40. The summed E-state index contributed by atoms with van der Waals surface area (Å²) in [6.07, 6.45) is 0. The first-order valence-electron chi connectivity index (χ1n) is 7.76. The molecule has 0 fully saturated rings. The van der Waals surface area contributed by atoms with E-state index in [1.807, 2.05) is 43.3 Å². The average Bonchev–Trinajstić information content (AvgIpc) is 3.30. The van der Waals surface area contributed by atoms with Gasteiger partial charge in [0.2, 0.25) is 5.16 Å². The fraction of sp³-hybridized carbons (Fsp3) is 0.118. The molecule has 0 spiro atoms. The van der Waals surface area contributed by atoms with Crippen molar-refractivity contribution < 1.29 is 4.52 Å². The molecule has 9 heteroatoms. The lowest BCUT2D eigenvalue weighted by molar-refractivity contribution is 0.425. The third-order valence-electron chi connectivity index (χ3n) is 3.61. The van der Waals surface area contributed by atoms with Crippen LogP contribution >= 0.6 is 23.4 Å². The van der Waals surface area contributed by atoms with Crippen molar-refractivity contribution in [3.8, 4) is 17.1 Å². The Morgan fingerprint density at radius 2 is 1.85 bits per heavy atom. The molecule has 0 bridgehead atoms. The van der Waals surface area contributed by atoms with E-state index in [2.05, 4.69) is 25.7 Å². The van der Waals surface area contributed by atoms with Crippen LogP contribution < -0.4 is 0 Å². The molecule has 2 aromatic heterocycles. The number of halogens is 1. The molecule has 130 valence electrons. The number of tetrazole rings is 1. The summed E-state index contributed by atoms with van der Waals surface area (Å²) < 4.78 is 7.00. The van der Waals surface area contributed by atoms with Gasteiger partial charge in [-0.3, -0.25) is 0 Å². The molecule has 0 unspecified atom stereocenters. The van der Waals surface area contributed by atoms with E-state index in [0.717, 1.165) is 11.3 Å². The fourth-order valence-corrected chi connectivity index (χ4v) is 3.13. The van der Waals surface area contributed by atoms with E-state index in [9.17, 15) is 0 Å². The van der Waals surface area contributed by atoms with Gasteiger partial charge in [-0.2, -0.15) is 9.67 Å². The van der Waals surface area contributed by atoms with Crippen molar-refractivity contribution in [2.45, 2.75) is 17.8 Å². The van der Waals surface area contributed by atoms with E-state index in [1.54, 1.807) is 16.8 Å². The van der Waals surface area contributed by atoms with Crippen molar-refractivity contribution >= 4 is 23.4 Å². The quantitative estimate of drug-likeness (QED) is 0.481. The van der Waals surface area contributed by atoms with Gasteiger partial charge >= 0.3 is 0 Å². The lowest BCUT2D eigenvalue weighted by Gasteiger charge is -2.03. The summed E-state index contributed by atoms with van der Waals surface area (Å²) in [5.74, 6) is 1.51. The van der Waals surface area contributed by atoms with Gasteiger partial charge < -0.3 is 4.52 Å². The van der Waals surface area contributed by atoms with Crippen LogP contribution in [-0.2, 0) is 5.75 Å². The van der Waals surface area contributed by atoms with Gasteiger partial charge in [-0.1, -0.05) is 46.2 Å². The Labute approximate surface area is 158 Å². The standard InChI is InChI=1S/C17H13ClN6OS/c1-11-2-8-14(9-3-11)24-17(20-22-23-24)26-10-15-19-16(25-21-15)12-4-6-13(18)7-5-12/h2-9H,10H2,1H3. The van der Waals surface area contributed by atoms with Crippen LogP contribution in [0.15, 0.2) is 58.2 Å². The van der Waals surface area contributed by atoms with Gasteiger partial charge in [-0.05, 0) is 53.7 Å². The molecule has 7 nitrogen and oxygen atoms in total. The molecule has 0 radical (unpaired) electrons. The molecule has 4 aromatic rings. The van der Waals surface area contributed by atoms with E-state index in [-0.39, 0.29) is 0 Å². The van der Waals surface area contributed by atoms with Crippen LogP contribution in [0.3, 0.4) is 0 Å². The molecular weight excluding hydrogens is 372 g/mol. The Hall–Kier alpha value is -2.71. The maximum absolute atomic E-state index is 5.89. The smallest absolute Gasteiger partial charge is 0.257 e. The third kappa shape index (κ3) is 3.61. The highest BCUT2D eigenvalue weighted by molar-refractivity contribution is 7.98. The average molecular weight is 385 g/mol. The predicted octanol–water partition coefficient (Wildman–Crippen LogP) is 3.97. The number of rotatable bonds is 5. The first-order valence-corrected chi connectivity index (χ1v) is 9.12. The molecule has 0 saturated carbocycles. The number of thioether (sulfide) groups is 1. The summed E-state index contributed by atoms with van der Waals surface area (Å²) in [6, 6.07) is 15.2. The van der Waals surface area contributed by atoms with Crippen molar-refractivity contribution in [2.24, 2.45) is 0 Å². The van der Waals surface area contributed by atoms with Gasteiger partial charge in [-0.25, -0.2) is 0 Å². The van der Waals surface area contributed by atoms with Crippen molar-refractivity contribution in [3.63, 3.8) is 0 Å². The van der Waals surface area contributed by atoms with Gasteiger partial charge in [0.05, 0.1) is 11.4 Å². The van der Waals surface area contributed by atoms with Gasteiger partial charge in [0.25, 0.3) is 5.89 Å². The second-order valence-corrected chi connectivity index (χ2v) is 6.90. The Morgan fingerprint density at radius 1 is 1.08 bits per heavy atom. The first-order chi connectivity index (χ1) is 12.7. The molecule has 0 saturated heterocycles. The minimum Gasteiger partial charge on any atom is -0.334 e. The number of hydrogen-bond donors (Lipinski definition) is 0. The lowest BCUT2D eigenvalue weighted by atomic mass is 10.2. The highest BCUT2D eigenvalue weighted by atomic mass is 35.5. The molecule has 0 aliphatic heterocycles. The molecule has 0 N–H and O–H groups in total. The Kier molecular flexibility index (Phi) is 4.68. The molecule has 0 aliphatic rings. The molecule has 4 rings (SSSR count). The lowest BCUT2D eigenvalue weighted by Crippen LogP contribution is -1.99. The van der Waals surface area contributed by atoms with Gasteiger partial charge in [0.15, 0.2) is 5.82 Å². The minimum absolute atomic E-state index is 0.454. The van der Waals surface area contributed by atoms with Crippen LogP contribution in [0.5, 0.6) is 0 Å². The number of benzene rings is 2. The largest absolute Gasteiger partial charge is 0.334 e. The van der Waals surface area contributed by atoms with Crippen molar-refractivity contribution in [1.82, 2.24) is 30.3 Å². The van der Waals surface area contributed by atoms with Crippen LogP contribution in [0.1, 0.15) is 11.4 Å². The normalized spacial score (nSPS) is 11.0. The summed E-state index contributed by atoms with van der Waals surface area (Å²) in [6.45, 7) is 2.04. The Balaban J connectivity index is 1.48. The number of hydrogen-bond acceptors (Lipinski definition) is 7. The van der Waals surface area contributed by atoms with Crippen LogP contribution in [0.4, 0.5) is 0 Å². The molecule has 0 aliphatic carbocycles. The topological polar surface area (TPSA) is 82.5 Å². The molecule has 26 heavy (non-hydrogen) atoms. The van der Waals surface area contributed by atoms with Crippen LogP contribution in [0.25, 0.3) is 17.1 Å². The van der Waals surface area contributed by atoms with Crippen molar-refractivity contribution in [3.05, 3.63) is 64.9 Å². The SMILES string of the molecule is Cc1ccc(-n2nnnc2SCc2noc(-c3ccc(Cl)cc3)n2)cc1. The van der Waals surface area contributed by atoms with Crippen molar-refractivity contribution in [1.29, 1.82) is 0 Å². The second-order valence-electron chi connectivity index (χ2n) is 5.52. The fourth-order valence-electron chi connectivity index (χ4n) is 2.27. The van der Waals surface area contributed by atoms with Crippen LogP contribution in [0, 0.1) is 6.92 Å². The zero-order valence-electron chi connectivity index (χ0n) is 13.7. The summed E-state index contributed by atoms with van der Waals surface area (Å²) >= 11 is 7.33. The first kappa shape index (κ1) is 16.7. The maximum Gasteiger partial charge on any atom is 0.257 e. The minimum atomic E-state index is 0.454. The zero-order chi connectivity index (χ0) is 17.9. The van der Waals surface area contributed by atoms with E-state index < -0.39 is 0 Å². The second kappa shape index (κ2) is 7.27. The summed E-state index contributed by atoms with van der Waals surface area (Å²) in [7, 11) is 0. The maximum atomic E-state index is 5.89. The number of nitrogens with zero attached hydrogens (tertiary/aromatic N) is 6. The predicted molar refractivity (Wildman–Crippen MR) is 98.2 cm³/mol. The number of aryl methyl sites for hydroxylation is 1. The highest BCUT2D eigenvalue weighted by Gasteiger charge is 2.13. The van der Waals surface area contributed by atoms with Crippen molar-refractivity contribution in [2.75, 3.05) is 0 Å². The molecule has 0 atom stereocenters. The van der Waals surface area contributed by atoms with E-state index in [1.165, 1.54) is 17.3 Å². The van der Waals surface area contributed by atoms with Gasteiger partial charge in [-0.15, -0.1) is 5.10 Å². The van der Waals surface area contributed by atoms with Gasteiger partial charge in [0, 0.05) is 10.6 Å². The Bertz CT molecular complexity index is 1010. The van der Waals surface area contributed by atoms with E-state index in [0.29, 0.717) is 27.6 Å². The van der Waals surface area contributed by atoms with E-state index >= 15 is 0 Å². The third-order valence-corrected chi connectivity index (χ3v) is 4.78. The summed E-state index contributed by atoms with van der Waals surface area (Å²) in [5, 5.41) is 17.2. The van der Waals surface area contributed by atoms with E-state index in [4.69, 9.17) is 16.1 Å². The molecule has 2 heterocycles. The highest BCUT2D eigenvalue weighted by Crippen LogP contribution is 2.24. The molecule has 0 amide bonds. The molecular formula is C17H13ClN6OS. The number of aromatic nitrogens is 6. The molecule has 2 aromatic carbocycles. The zero-order valence-corrected chi connectivity index (χ0v) is 15.3.